The Morgan fingerprint density at radius 3 is 2.60 bits per heavy atom. The van der Waals surface area contributed by atoms with Crippen molar-refractivity contribution in [2.24, 2.45) is 11.7 Å². The summed E-state index contributed by atoms with van der Waals surface area (Å²) in [4.78, 5) is 24.1. The normalized spacial score (nSPS) is 19.1. The summed E-state index contributed by atoms with van der Waals surface area (Å²) in [5.74, 6) is -0.303. The summed E-state index contributed by atoms with van der Waals surface area (Å²) in [6.45, 7) is 0. The molecule has 8 heteroatoms. The average molecular weight is 384 g/mol. The van der Waals surface area contributed by atoms with Gasteiger partial charge in [-0.1, -0.05) is 11.6 Å². The van der Waals surface area contributed by atoms with Crippen molar-refractivity contribution in [3.63, 3.8) is 0 Å². The van der Waals surface area contributed by atoms with E-state index in [0.29, 0.717) is 22.8 Å². The van der Waals surface area contributed by atoms with Gasteiger partial charge in [0.25, 0.3) is 5.91 Å². The van der Waals surface area contributed by atoms with Gasteiger partial charge in [0, 0.05) is 17.6 Å². The first-order chi connectivity index (χ1) is 11.5. The molecular weight excluding hydrogens is 365 g/mol. The number of carbonyl (C=O) groups is 2. The van der Waals surface area contributed by atoms with E-state index in [0.717, 1.165) is 12.8 Å². The number of amides is 2. The Labute approximate surface area is 156 Å². The molecule has 2 unspecified atom stereocenters. The fraction of sp³-hybridized carbons (Fsp3) is 0.294. The van der Waals surface area contributed by atoms with Crippen molar-refractivity contribution in [1.82, 2.24) is 0 Å². The van der Waals surface area contributed by atoms with Crippen molar-refractivity contribution in [2.75, 3.05) is 10.6 Å². The minimum absolute atomic E-state index is 0. The van der Waals surface area contributed by atoms with Crippen LogP contribution >= 0.6 is 24.0 Å². The fourth-order valence-electron chi connectivity index (χ4n) is 2.78. The maximum atomic E-state index is 12.2. The van der Waals surface area contributed by atoms with E-state index >= 15 is 0 Å². The van der Waals surface area contributed by atoms with Crippen molar-refractivity contribution in [1.29, 1.82) is 0 Å². The lowest BCUT2D eigenvalue weighted by molar-refractivity contribution is -0.119. The van der Waals surface area contributed by atoms with Crippen molar-refractivity contribution >= 4 is 47.2 Å². The second kappa shape index (κ2) is 8.38. The number of halogens is 2. The smallest absolute Gasteiger partial charge is 0.291 e. The Morgan fingerprint density at radius 1 is 1.20 bits per heavy atom. The van der Waals surface area contributed by atoms with Crippen molar-refractivity contribution in [2.45, 2.75) is 25.3 Å². The minimum Gasteiger partial charge on any atom is -0.459 e. The van der Waals surface area contributed by atoms with Crippen LogP contribution in [-0.2, 0) is 4.79 Å². The van der Waals surface area contributed by atoms with Crippen LogP contribution in [0, 0.1) is 5.92 Å². The molecule has 6 nitrogen and oxygen atoms in total. The van der Waals surface area contributed by atoms with E-state index in [9.17, 15) is 9.59 Å². The van der Waals surface area contributed by atoms with Crippen LogP contribution < -0.4 is 16.4 Å². The maximum absolute atomic E-state index is 12.2. The van der Waals surface area contributed by atoms with Gasteiger partial charge in [0.15, 0.2) is 5.76 Å². The Balaban J connectivity index is 0.00000225. The summed E-state index contributed by atoms with van der Waals surface area (Å²) in [5, 5.41) is 5.83. The molecule has 2 atom stereocenters. The molecule has 134 valence electrons. The quantitative estimate of drug-likeness (QED) is 0.749. The molecule has 1 aromatic carbocycles. The van der Waals surface area contributed by atoms with Crippen LogP contribution in [0.4, 0.5) is 11.4 Å². The third-order valence-electron chi connectivity index (χ3n) is 4.07. The zero-order valence-corrected chi connectivity index (χ0v) is 14.9. The molecule has 0 radical (unpaired) electrons. The number of furan rings is 1. The van der Waals surface area contributed by atoms with Crippen LogP contribution in [0.15, 0.2) is 41.0 Å². The zero-order chi connectivity index (χ0) is 17.1. The van der Waals surface area contributed by atoms with Gasteiger partial charge >= 0.3 is 0 Å². The van der Waals surface area contributed by atoms with Gasteiger partial charge in [0.05, 0.1) is 17.0 Å². The van der Waals surface area contributed by atoms with Crippen molar-refractivity contribution in [3.8, 4) is 0 Å². The second-order valence-corrected chi connectivity index (χ2v) is 6.29. The third-order valence-corrected chi connectivity index (χ3v) is 4.39. The lowest BCUT2D eigenvalue weighted by Gasteiger charge is -2.12. The van der Waals surface area contributed by atoms with Gasteiger partial charge in [-0.05, 0) is 49.6 Å². The number of anilines is 2. The number of nitrogens with one attached hydrogen (secondary N) is 2. The summed E-state index contributed by atoms with van der Waals surface area (Å²) in [6, 6.07) is 8.22. The molecule has 0 aliphatic heterocycles. The van der Waals surface area contributed by atoms with Gasteiger partial charge in [-0.3, -0.25) is 9.59 Å². The number of hydrogen-bond donors (Lipinski definition) is 3. The summed E-state index contributed by atoms with van der Waals surface area (Å²) < 4.78 is 5.03. The van der Waals surface area contributed by atoms with E-state index in [1.54, 1.807) is 30.3 Å². The lowest BCUT2D eigenvalue weighted by atomic mass is 10.1. The molecule has 1 aromatic heterocycles. The van der Waals surface area contributed by atoms with Crippen LogP contribution in [-0.4, -0.2) is 17.9 Å². The first-order valence-corrected chi connectivity index (χ1v) is 8.11. The summed E-state index contributed by atoms with van der Waals surface area (Å²) >= 11 is 6.18. The number of nitrogens with two attached hydrogens (primary N) is 1. The number of carbonyl (C=O) groups excluding carboxylic acids is 2. The Morgan fingerprint density at radius 2 is 2.00 bits per heavy atom. The Bertz CT molecular complexity index is 750. The number of hydrogen-bond acceptors (Lipinski definition) is 4. The topological polar surface area (TPSA) is 97.4 Å². The second-order valence-electron chi connectivity index (χ2n) is 5.89. The van der Waals surface area contributed by atoms with E-state index in [1.165, 1.54) is 6.26 Å². The van der Waals surface area contributed by atoms with Crippen LogP contribution in [0.2, 0.25) is 5.02 Å². The highest BCUT2D eigenvalue weighted by atomic mass is 35.5. The van der Waals surface area contributed by atoms with Gasteiger partial charge in [-0.15, -0.1) is 12.4 Å². The Kier molecular flexibility index (Phi) is 6.47. The zero-order valence-electron chi connectivity index (χ0n) is 13.3. The molecule has 0 bridgehead atoms. The molecule has 4 N–H and O–H groups in total. The first-order valence-electron chi connectivity index (χ1n) is 7.74. The molecule has 1 fully saturated rings. The highest BCUT2D eigenvalue weighted by Gasteiger charge is 2.27. The van der Waals surface area contributed by atoms with Gasteiger partial charge in [-0.2, -0.15) is 0 Å². The number of rotatable bonds is 4. The highest BCUT2D eigenvalue weighted by molar-refractivity contribution is 6.34. The molecule has 0 spiro atoms. The molecule has 1 aliphatic carbocycles. The molecule has 1 heterocycles. The van der Waals surface area contributed by atoms with E-state index in [4.69, 9.17) is 21.8 Å². The van der Waals surface area contributed by atoms with Crippen LogP contribution in [0.5, 0.6) is 0 Å². The average Bonchev–Trinajstić information content (AvgIpc) is 3.21. The SMILES string of the molecule is Cl.NC1CCC(C(=O)Nc2ccc(NC(=O)c3ccco3)c(Cl)c2)C1. The fourth-order valence-corrected chi connectivity index (χ4v) is 3.01. The van der Waals surface area contributed by atoms with Crippen LogP contribution in [0.1, 0.15) is 29.8 Å². The van der Waals surface area contributed by atoms with Gasteiger partial charge in [0.1, 0.15) is 0 Å². The van der Waals surface area contributed by atoms with Gasteiger partial charge in [0.2, 0.25) is 5.91 Å². The molecule has 1 saturated carbocycles. The van der Waals surface area contributed by atoms with E-state index in [1.807, 2.05) is 0 Å². The monoisotopic (exact) mass is 383 g/mol. The molecule has 3 rings (SSSR count). The molecule has 25 heavy (non-hydrogen) atoms. The van der Waals surface area contributed by atoms with Gasteiger partial charge < -0.3 is 20.8 Å². The first kappa shape index (κ1) is 19.3. The van der Waals surface area contributed by atoms with Gasteiger partial charge in [-0.25, -0.2) is 0 Å². The van der Waals surface area contributed by atoms with Crippen LogP contribution in [0.25, 0.3) is 0 Å². The number of benzene rings is 1. The van der Waals surface area contributed by atoms with Crippen LogP contribution in [0.3, 0.4) is 0 Å². The predicted octanol–water partition coefficient (Wildman–Crippen LogP) is 3.67. The molecule has 2 aromatic rings. The van der Waals surface area contributed by atoms with Crippen molar-refractivity contribution in [3.05, 3.63) is 47.4 Å². The molecule has 0 saturated heterocycles. The Hall–Kier alpha value is -2.02. The maximum Gasteiger partial charge on any atom is 0.291 e. The van der Waals surface area contributed by atoms with E-state index < -0.39 is 5.91 Å². The molecular formula is C17H19Cl2N3O3. The highest BCUT2D eigenvalue weighted by Crippen LogP contribution is 2.28. The summed E-state index contributed by atoms with van der Waals surface area (Å²) in [5.41, 5.74) is 6.87. The summed E-state index contributed by atoms with van der Waals surface area (Å²) in [7, 11) is 0. The lowest BCUT2D eigenvalue weighted by Crippen LogP contribution is -2.23. The van der Waals surface area contributed by atoms with Crippen molar-refractivity contribution < 1.29 is 14.0 Å². The molecule has 1 aliphatic rings. The predicted molar refractivity (Wildman–Crippen MR) is 99.3 cm³/mol. The third kappa shape index (κ3) is 4.75. The minimum atomic E-state index is -0.390. The standard InChI is InChI=1S/C17H18ClN3O3.ClH/c18-13-9-12(20-16(22)10-3-4-11(19)8-10)5-6-14(13)21-17(23)15-2-1-7-24-15;/h1-2,5-7,9-11H,3-4,8,19H2,(H,20,22)(H,21,23);1H. The summed E-state index contributed by atoms with van der Waals surface area (Å²) in [6.07, 6.45) is 3.80. The molecule has 2 amide bonds. The van der Waals surface area contributed by atoms with E-state index in [2.05, 4.69) is 10.6 Å². The largest absolute Gasteiger partial charge is 0.459 e. The van der Waals surface area contributed by atoms with E-state index in [-0.39, 0.29) is 36.0 Å².